The standard InChI is InChI=1S/C15H19NO3/c1-9-2-4-13(17)11(6-9)15(19)16-7-10-3-5-14(18)12(10)8-16/h2,4,6,10,12,14,17-18H,3,5,7-8H2,1H3. The van der Waals surface area contributed by atoms with Crippen molar-refractivity contribution in [1.29, 1.82) is 0 Å². The van der Waals surface area contributed by atoms with Gasteiger partial charge in [0.05, 0.1) is 11.7 Å². The van der Waals surface area contributed by atoms with Crippen LogP contribution in [0, 0.1) is 18.8 Å². The smallest absolute Gasteiger partial charge is 0.257 e. The molecule has 0 bridgehead atoms. The number of aliphatic hydroxyl groups excluding tert-OH is 1. The highest BCUT2D eigenvalue weighted by Crippen LogP contribution is 2.38. The van der Waals surface area contributed by atoms with Gasteiger partial charge in [-0.25, -0.2) is 0 Å². The number of rotatable bonds is 1. The van der Waals surface area contributed by atoms with E-state index in [1.807, 2.05) is 6.92 Å². The van der Waals surface area contributed by atoms with E-state index in [0.717, 1.165) is 18.4 Å². The first-order valence-corrected chi connectivity index (χ1v) is 6.83. The van der Waals surface area contributed by atoms with Crippen LogP contribution in [-0.4, -0.2) is 40.2 Å². The number of benzene rings is 1. The highest BCUT2D eigenvalue weighted by molar-refractivity contribution is 5.97. The summed E-state index contributed by atoms with van der Waals surface area (Å²) >= 11 is 0. The van der Waals surface area contributed by atoms with E-state index in [-0.39, 0.29) is 23.7 Å². The molecule has 1 amide bonds. The molecule has 1 aliphatic carbocycles. The lowest BCUT2D eigenvalue weighted by molar-refractivity contribution is 0.0749. The summed E-state index contributed by atoms with van der Waals surface area (Å²) in [7, 11) is 0. The van der Waals surface area contributed by atoms with Crippen molar-refractivity contribution in [2.45, 2.75) is 25.9 Å². The maximum absolute atomic E-state index is 12.4. The number of carbonyl (C=O) groups excluding carboxylic acids is 1. The van der Waals surface area contributed by atoms with E-state index in [1.165, 1.54) is 0 Å². The zero-order valence-electron chi connectivity index (χ0n) is 11.0. The van der Waals surface area contributed by atoms with Crippen LogP contribution in [0.4, 0.5) is 0 Å². The Hall–Kier alpha value is -1.55. The monoisotopic (exact) mass is 261 g/mol. The molecule has 1 saturated carbocycles. The van der Waals surface area contributed by atoms with Crippen molar-refractivity contribution < 1.29 is 15.0 Å². The topological polar surface area (TPSA) is 60.8 Å². The number of hydrogen-bond donors (Lipinski definition) is 2. The molecular formula is C15H19NO3. The van der Waals surface area contributed by atoms with Gasteiger partial charge >= 0.3 is 0 Å². The number of phenolic OH excluding ortho intramolecular Hbond substituents is 1. The Morgan fingerprint density at radius 1 is 1.32 bits per heavy atom. The largest absolute Gasteiger partial charge is 0.507 e. The zero-order valence-corrected chi connectivity index (χ0v) is 11.0. The molecule has 1 heterocycles. The minimum absolute atomic E-state index is 0.0354. The molecule has 2 fully saturated rings. The molecule has 0 spiro atoms. The molecule has 1 aliphatic heterocycles. The van der Waals surface area contributed by atoms with Gasteiger partial charge in [-0.15, -0.1) is 0 Å². The average Bonchev–Trinajstić information content (AvgIpc) is 2.94. The molecule has 0 radical (unpaired) electrons. The quantitative estimate of drug-likeness (QED) is 0.806. The van der Waals surface area contributed by atoms with E-state index in [9.17, 15) is 15.0 Å². The van der Waals surface area contributed by atoms with Gasteiger partial charge in [0.1, 0.15) is 5.75 Å². The molecule has 0 aromatic heterocycles. The molecule has 4 heteroatoms. The van der Waals surface area contributed by atoms with Crippen molar-refractivity contribution in [2.75, 3.05) is 13.1 Å². The van der Waals surface area contributed by atoms with Crippen molar-refractivity contribution in [3.8, 4) is 5.75 Å². The zero-order chi connectivity index (χ0) is 13.6. The molecular weight excluding hydrogens is 242 g/mol. The highest BCUT2D eigenvalue weighted by atomic mass is 16.3. The fourth-order valence-electron chi connectivity index (χ4n) is 3.39. The molecule has 1 saturated heterocycles. The second-order valence-corrected chi connectivity index (χ2v) is 5.80. The number of likely N-dealkylation sites (tertiary alicyclic amines) is 1. The fourth-order valence-corrected chi connectivity index (χ4v) is 3.39. The SMILES string of the molecule is Cc1ccc(O)c(C(=O)N2CC3CCC(O)C3C2)c1. The first kappa shape index (κ1) is 12.5. The predicted molar refractivity (Wildman–Crippen MR) is 71.0 cm³/mol. The second-order valence-electron chi connectivity index (χ2n) is 5.80. The molecule has 3 rings (SSSR count). The summed E-state index contributed by atoms with van der Waals surface area (Å²) in [5, 5.41) is 19.7. The Balaban J connectivity index is 1.80. The molecule has 1 aromatic rings. The number of carbonyl (C=O) groups is 1. The Labute approximate surface area is 112 Å². The van der Waals surface area contributed by atoms with E-state index in [4.69, 9.17) is 0 Å². The number of fused-ring (bicyclic) bond motifs is 1. The van der Waals surface area contributed by atoms with Crippen LogP contribution >= 0.6 is 0 Å². The third kappa shape index (κ3) is 2.10. The number of phenols is 1. The molecule has 1 aromatic carbocycles. The lowest BCUT2D eigenvalue weighted by Gasteiger charge is -2.19. The van der Waals surface area contributed by atoms with E-state index < -0.39 is 0 Å². The van der Waals surface area contributed by atoms with Crippen LogP contribution in [0.2, 0.25) is 0 Å². The summed E-state index contributed by atoms with van der Waals surface area (Å²) in [5.74, 6) is 0.554. The summed E-state index contributed by atoms with van der Waals surface area (Å²) in [6, 6.07) is 5.07. The maximum atomic E-state index is 12.4. The van der Waals surface area contributed by atoms with Gasteiger partial charge in [-0.2, -0.15) is 0 Å². The number of amides is 1. The van der Waals surface area contributed by atoms with Gasteiger partial charge in [0.25, 0.3) is 5.91 Å². The maximum Gasteiger partial charge on any atom is 0.257 e. The van der Waals surface area contributed by atoms with E-state index in [2.05, 4.69) is 0 Å². The van der Waals surface area contributed by atoms with Crippen molar-refractivity contribution in [1.82, 2.24) is 4.90 Å². The minimum Gasteiger partial charge on any atom is -0.507 e. The van der Waals surface area contributed by atoms with Crippen LogP contribution in [-0.2, 0) is 0 Å². The lowest BCUT2D eigenvalue weighted by Crippen LogP contribution is -2.31. The van der Waals surface area contributed by atoms with Crippen molar-refractivity contribution in [3.05, 3.63) is 29.3 Å². The Morgan fingerprint density at radius 2 is 2.11 bits per heavy atom. The average molecular weight is 261 g/mol. The molecule has 3 atom stereocenters. The normalized spacial score (nSPS) is 29.6. The van der Waals surface area contributed by atoms with Gasteiger partial charge in [-0.05, 0) is 37.8 Å². The van der Waals surface area contributed by atoms with Gasteiger partial charge in [0.15, 0.2) is 0 Å². The number of nitrogens with zero attached hydrogens (tertiary/aromatic N) is 1. The first-order chi connectivity index (χ1) is 9.06. The van der Waals surface area contributed by atoms with Crippen molar-refractivity contribution >= 4 is 5.91 Å². The third-order valence-electron chi connectivity index (χ3n) is 4.49. The molecule has 3 unspecified atom stereocenters. The summed E-state index contributed by atoms with van der Waals surface area (Å²) in [6.45, 7) is 3.21. The number of aryl methyl sites for hydroxylation is 1. The third-order valence-corrected chi connectivity index (χ3v) is 4.49. The van der Waals surface area contributed by atoms with Gasteiger partial charge in [0, 0.05) is 19.0 Å². The molecule has 4 nitrogen and oxygen atoms in total. The van der Waals surface area contributed by atoms with E-state index in [1.54, 1.807) is 23.1 Å². The van der Waals surface area contributed by atoms with Gasteiger partial charge in [-0.3, -0.25) is 4.79 Å². The lowest BCUT2D eigenvalue weighted by atomic mass is 10.00. The Bertz CT molecular complexity index is 514. The van der Waals surface area contributed by atoms with Crippen LogP contribution in [0.5, 0.6) is 5.75 Å². The van der Waals surface area contributed by atoms with Crippen LogP contribution in [0.1, 0.15) is 28.8 Å². The van der Waals surface area contributed by atoms with E-state index in [0.29, 0.717) is 24.6 Å². The number of aliphatic hydroxyl groups is 1. The van der Waals surface area contributed by atoms with Gasteiger partial charge in [-0.1, -0.05) is 11.6 Å². The number of aromatic hydroxyl groups is 1. The molecule has 19 heavy (non-hydrogen) atoms. The van der Waals surface area contributed by atoms with Gasteiger partial charge in [0.2, 0.25) is 0 Å². The van der Waals surface area contributed by atoms with Gasteiger partial charge < -0.3 is 15.1 Å². The fraction of sp³-hybridized carbons (Fsp3) is 0.533. The minimum atomic E-state index is -0.270. The van der Waals surface area contributed by atoms with Crippen molar-refractivity contribution in [2.24, 2.45) is 11.8 Å². The van der Waals surface area contributed by atoms with Crippen LogP contribution in [0.3, 0.4) is 0 Å². The predicted octanol–water partition coefficient (Wildman–Crippen LogP) is 1.54. The van der Waals surface area contributed by atoms with E-state index >= 15 is 0 Å². The molecule has 2 aliphatic rings. The number of hydrogen-bond acceptors (Lipinski definition) is 3. The van der Waals surface area contributed by atoms with Crippen LogP contribution < -0.4 is 0 Å². The second kappa shape index (κ2) is 4.53. The molecule has 102 valence electrons. The highest BCUT2D eigenvalue weighted by Gasteiger charge is 2.43. The van der Waals surface area contributed by atoms with Crippen LogP contribution in [0.25, 0.3) is 0 Å². The first-order valence-electron chi connectivity index (χ1n) is 6.83. The van der Waals surface area contributed by atoms with Crippen LogP contribution in [0.15, 0.2) is 18.2 Å². The molecule has 2 N–H and O–H groups in total. The Morgan fingerprint density at radius 3 is 2.84 bits per heavy atom. The summed E-state index contributed by atoms with van der Waals surface area (Å²) < 4.78 is 0. The summed E-state index contributed by atoms with van der Waals surface area (Å²) in [6.07, 6.45) is 1.58. The summed E-state index contributed by atoms with van der Waals surface area (Å²) in [5.41, 5.74) is 1.33. The Kier molecular flexibility index (Phi) is 2.97. The summed E-state index contributed by atoms with van der Waals surface area (Å²) in [4.78, 5) is 14.2. The van der Waals surface area contributed by atoms with Crippen molar-refractivity contribution in [3.63, 3.8) is 0 Å².